The molecule has 28 heavy (non-hydrogen) atoms. The number of halogens is 1. The smallest absolute Gasteiger partial charge is 0.221 e. The van der Waals surface area contributed by atoms with Gasteiger partial charge in [-0.3, -0.25) is 14.7 Å². The second-order valence-corrected chi connectivity index (χ2v) is 6.98. The molecule has 3 N–H and O–H groups in total. The van der Waals surface area contributed by atoms with E-state index in [1.807, 2.05) is 13.8 Å². The second-order valence-electron chi connectivity index (χ2n) is 6.98. The monoisotopic (exact) mass is 503 g/mol. The van der Waals surface area contributed by atoms with Gasteiger partial charge in [0.05, 0.1) is 13.2 Å². The summed E-state index contributed by atoms with van der Waals surface area (Å²) in [6, 6.07) is 8.63. The number of nitrogens with one attached hydrogen (secondary N) is 3. The van der Waals surface area contributed by atoms with Crippen molar-refractivity contribution in [3.8, 4) is 0 Å². The Morgan fingerprint density at radius 3 is 2.50 bits per heavy atom. The first-order valence-corrected chi connectivity index (χ1v) is 9.69. The van der Waals surface area contributed by atoms with Crippen LogP contribution >= 0.6 is 24.0 Å². The van der Waals surface area contributed by atoms with Gasteiger partial charge in [-0.05, 0) is 25.0 Å². The average molecular weight is 503 g/mol. The Balaban J connectivity index is 0.00000392. The van der Waals surface area contributed by atoms with Crippen molar-refractivity contribution in [2.75, 3.05) is 39.9 Å². The normalized spacial score (nSPS) is 15.1. The van der Waals surface area contributed by atoms with E-state index in [0.717, 1.165) is 32.8 Å². The molecule has 1 aromatic rings. The van der Waals surface area contributed by atoms with Crippen LogP contribution < -0.4 is 16.0 Å². The van der Waals surface area contributed by atoms with Crippen molar-refractivity contribution in [2.45, 2.75) is 39.4 Å². The molecule has 0 spiro atoms. The maximum absolute atomic E-state index is 11.7. The van der Waals surface area contributed by atoms with Gasteiger partial charge in [-0.15, -0.1) is 24.0 Å². The van der Waals surface area contributed by atoms with E-state index in [4.69, 9.17) is 4.74 Å². The van der Waals surface area contributed by atoms with E-state index in [-0.39, 0.29) is 35.9 Å². The Morgan fingerprint density at radius 2 is 1.86 bits per heavy atom. The molecule has 1 aliphatic rings. The lowest BCUT2D eigenvalue weighted by atomic mass is 10.1. The van der Waals surface area contributed by atoms with Crippen LogP contribution in [0.25, 0.3) is 0 Å². The van der Waals surface area contributed by atoms with Gasteiger partial charge >= 0.3 is 0 Å². The van der Waals surface area contributed by atoms with Gasteiger partial charge in [0.25, 0.3) is 0 Å². The minimum absolute atomic E-state index is 0. The maximum Gasteiger partial charge on any atom is 0.221 e. The fourth-order valence-electron chi connectivity index (χ4n) is 2.97. The Kier molecular flexibility index (Phi) is 12.1. The molecule has 1 fully saturated rings. The number of morpholine rings is 1. The van der Waals surface area contributed by atoms with E-state index in [0.29, 0.717) is 25.5 Å². The predicted molar refractivity (Wildman–Crippen MR) is 124 cm³/mol. The van der Waals surface area contributed by atoms with Crippen molar-refractivity contribution in [3.05, 3.63) is 35.4 Å². The van der Waals surface area contributed by atoms with Crippen molar-refractivity contribution in [1.29, 1.82) is 0 Å². The topological polar surface area (TPSA) is 78.0 Å². The highest BCUT2D eigenvalue weighted by Crippen LogP contribution is 2.12. The van der Waals surface area contributed by atoms with E-state index in [1.165, 1.54) is 11.1 Å². The van der Waals surface area contributed by atoms with Crippen molar-refractivity contribution < 1.29 is 9.53 Å². The third-order valence-corrected chi connectivity index (χ3v) is 4.38. The van der Waals surface area contributed by atoms with Gasteiger partial charge in [-0.2, -0.15) is 0 Å². The summed E-state index contributed by atoms with van der Waals surface area (Å²) in [5.41, 5.74) is 2.57. The molecule has 0 saturated carbocycles. The Morgan fingerprint density at radius 1 is 1.18 bits per heavy atom. The molecule has 0 aliphatic carbocycles. The zero-order valence-corrected chi connectivity index (χ0v) is 19.5. The number of nitrogens with zero attached hydrogens (tertiary/aromatic N) is 2. The lowest BCUT2D eigenvalue weighted by Crippen LogP contribution is -2.40. The first-order valence-electron chi connectivity index (χ1n) is 9.69. The van der Waals surface area contributed by atoms with Crippen LogP contribution in [0.2, 0.25) is 0 Å². The summed E-state index contributed by atoms with van der Waals surface area (Å²) in [6.07, 6.45) is 0.423. The van der Waals surface area contributed by atoms with E-state index < -0.39 is 0 Å². The standard InChI is InChI=1S/C20H33N5O2.HI/c1-16(2)24-19(26)8-9-22-20(21-3)23-14-17-6-4-5-7-18(17)15-25-10-12-27-13-11-25;/h4-7,16H,8-15H2,1-3H3,(H,24,26)(H2,21,22,23);1H. The van der Waals surface area contributed by atoms with Crippen LogP contribution in [0.4, 0.5) is 0 Å². The summed E-state index contributed by atoms with van der Waals surface area (Å²) in [7, 11) is 1.74. The quantitative estimate of drug-likeness (QED) is 0.286. The van der Waals surface area contributed by atoms with Gasteiger partial charge in [0.1, 0.15) is 0 Å². The molecule has 1 heterocycles. The molecule has 7 nitrogen and oxygen atoms in total. The van der Waals surface area contributed by atoms with Crippen LogP contribution in [0.1, 0.15) is 31.4 Å². The van der Waals surface area contributed by atoms with Crippen molar-refractivity contribution >= 4 is 35.8 Å². The number of rotatable bonds is 8. The number of hydrogen-bond acceptors (Lipinski definition) is 4. The van der Waals surface area contributed by atoms with Gasteiger partial charge in [0.15, 0.2) is 5.96 Å². The number of carbonyl (C=O) groups excluding carboxylic acids is 1. The van der Waals surface area contributed by atoms with Crippen LogP contribution in [0, 0.1) is 0 Å². The number of hydrogen-bond donors (Lipinski definition) is 3. The third-order valence-electron chi connectivity index (χ3n) is 4.38. The molecule has 0 aromatic heterocycles. The molecule has 1 aliphatic heterocycles. The van der Waals surface area contributed by atoms with Gasteiger partial charge in [0, 0.05) is 52.2 Å². The minimum atomic E-state index is 0. The van der Waals surface area contributed by atoms with E-state index in [1.54, 1.807) is 7.05 Å². The lowest BCUT2D eigenvalue weighted by molar-refractivity contribution is -0.121. The highest BCUT2D eigenvalue weighted by molar-refractivity contribution is 14.0. The average Bonchev–Trinajstić information content (AvgIpc) is 2.66. The van der Waals surface area contributed by atoms with Crippen molar-refractivity contribution in [1.82, 2.24) is 20.9 Å². The largest absolute Gasteiger partial charge is 0.379 e. The molecule has 2 rings (SSSR count). The van der Waals surface area contributed by atoms with Gasteiger partial charge in [-0.25, -0.2) is 0 Å². The fourth-order valence-corrected chi connectivity index (χ4v) is 2.97. The highest BCUT2D eigenvalue weighted by Gasteiger charge is 2.13. The SMILES string of the molecule is CN=C(NCCC(=O)NC(C)C)NCc1ccccc1CN1CCOCC1.I. The predicted octanol–water partition coefficient (Wildman–Crippen LogP) is 1.72. The van der Waals surface area contributed by atoms with Crippen LogP contribution in [0.5, 0.6) is 0 Å². The first kappa shape index (κ1) is 24.6. The summed E-state index contributed by atoms with van der Waals surface area (Å²) in [5, 5.41) is 9.42. The summed E-state index contributed by atoms with van der Waals surface area (Å²) < 4.78 is 5.43. The number of guanidine groups is 1. The van der Waals surface area contributed by atoms with E-state index in [9.17, 15) is 4.79 Å². The summed E-state index contributed by atoms with van der Waals surface area (Å²) in [4.78, 5) is 18.4. The number of amides is 1. The molecule has 0 unspecified atom stereocenters. The number of ether oxygens (including phenoxy) is 1. The molecule has 8 heteroatoms. The third kappa shape index (κ3) is 9.20. The van der Waals surface area contributed by atoms with Crippen molar-refractivity contribution in [2.24, 2.45) is 4.99 Å². The molecule has 1 amide bonds. The Labute approximate surface area is 185 Å². The number of aliphatic imine (C=N–C) groups is 1. The summed E-state index contributed by atoms with van der Waals surface area (Å²) in [6.45, 7) is 9.66. The molecular weight excluding hydrogens is 469 g/mol. The number of carbonyl (C=O) groups is 1. The van der Waals surface area contributed by atoms with E-state index in [2.05, 4.69) is 50.1 Å². The molecule has 0 atom stereocenters. The van der Waals surface area contributed by atoms with E-state index >= 15 is 0 Å². The van der Waals surface area contributed by atoms with Gasteiger partial charge < -0.3 is 20.7 Å². The van der Waals surface area contributed by atoms with Crippen molar-refractivity contribution in [3.63, 3.8) is 0 Å². The Bertz CT molecular complexity index is 618. The molecule has 1 aromatic carbocycles. The summed E-state index contributed by atoms with van der Waals surface area (Å²) >= 11 is 0. The molecule has 158 valence electrons. The van der Waals surface area contributed by atoms with Gasteiger partial charge in [-0.1, -0.05) is 24.3 Å². The van der Waals surface area contributed by atoms with Crippen LogP contribution in [0.3, 0.4) is 0 Å². The fraction of sp³-hybridized carbons (Fsp3) is 0.600. The second kappa shape index (κ2) is 13.7. The molecule has 0 radical (unpaired) electrons. The number of benzene rings is 1. The Hall–Kier alpha value is -1.39. The summed E-state index contributed by atoms with van der Waals surface area (Å²) in [5.74, 6) is 0.748. The zero-order chi connectivity index (χ0) is 19.5. The highest BCUT2D eigenvalue weighted by atomic mass is 127. The van der Waals surface area contributed by atoms with Gasteiger partial charge in [0.2, 0.25) is 5.91 Å². The molecular formula is C20H34IN5O2. The maximum atomic E-state index is 11.7. The van der Waals surface area contributed by atoms with Crippen LogP contribution in [-0.4, -0.2) is 62.7 Å². The molecule has 1 saturated heterocycles. The van der Waals surface area contributed by atoms with Crippen LogP contribution in [0.15, 0.2) is 29.3 Å². The van der Waals surface area contributed by atoms with Crippen LogP contribution in [-0.2, 0) is 22.6 Å². The first-order chi connectivity index (χ1) is 13.1. The zero-order valence-electron chi connectivity index (χ0n) is 17.2. The molecule has 0 bridgehead atoms. The minimum Gasteiger partial charge on any atom is -0.379 e. The lowest BCUT2D eigenvalue weighted by Gasteiger charge is -2.27.